The van der Waals surface area contributed by atoms with Gasteiger partial charge in [-0.2, -0.15) is 0 Å². The van der Waals surface area contributed by atoms with Crippen LogP contribution >= 0.6 is 0 Å². The van der Waals surface area contributed by atoms with E-state index < -0.39 is 8.32 Å². The number of hydrogen-bond donors (Lipinski definition) is 0. The predicted octanol–water partition coefficient (Wildman–Crippen LogP) is 4.94. The van der Waals surface area contributed by atoms with Gasteiger partial charge in [-0.1, -0.05) is 52.9 Å². The average molecular weight is 240 g/mol. The van der Waals surface area contributed by atoms with Gasteiger partial charge in [-0.3, -0.25) is 0 Å². The zero-order valence-electron chi connectivity index (χ0n) is 11.9. The van der Waals surface area contributed by atoms with E-state index in [1.807, 2.05) is 0 Å². The molecule has 0 spiro atoms. The van der Waals surface area contributed by atoms with E-state index >= 15 is 0 Å². The molecule has 94 valence electrons. The number of hydrogen-bond acceptors (Lipinski definition) is 1. The summed E-state index contributed by atoms with van der Waals surface area (Å²) in [6.45, 7) is 13.4. The molecule has 0 aromatic carbocycles. The monoisotopic (exact) mass is 240 g/mol. The van der Waals surface area contributed by atoms with Crippen molar-refractivity contribution in [2.45, 2.75) is 77.9 Å². The van der Waals surface area contributed by atoms with E-state index in [1.165, 1.54) is 25.7 Å². The maximum atomic E-state index is 5.78. The van der Waals surface area contributed by atoms with Crippen LogP contribution in [-0.2, 0) is 4.43 Å². The zero-order valence-corrected chi connectivity index (χ0v) is 12.9. The van der Waals surface area contributed by atoms with Gasteiger partial charge in [0.15, 0.2) is 0 Å². The molecule has 0 fully saturated rings. The summed E-state index contributed by atoms with van der Waals surface area (Å²) >= 11 is 0. The Kier molecular flexibility index (Phi) is 6.83. The van der Waals surface area contributed by atoms with E-state index in [0.29, 0.717) is 0 Å². The maximum Gasteiger partial charge on any atom is 0.264 e. The van der Waals surface area contributed by atoms with Gasteiger partial charge in [0.2, 0.25) is 0 Å². The Balaban J connectivity index is 3.83. The molecule has 0 aliphatic rings. The lowest BCUT2D eigenvalue weighted by Crippen LogP contribution is -2.39. The van der Waals surface area contributed by atoms with Crippen LogP contribution in [0.15, 0.2) is 0 Å². The highest BCUT2D eigenvalue weighted by Crippen LogP contribution is 2.36. The van der Waals surface area contributed by atoms with E-state index in [4.69, 9.17) is 4.43 Å². The van der Waals surface area contributed by atoms with Gasteiger partial charge in [0.25, 0.3) is 8.32 Å². The van der Waals surface area contributed by atoms with Crippen LogP contribution in [0, 0.1) is 12.0 Å². The third-order valence-electron chi connectivity index (χ3n) is 3.34. The summed E-state index contributed by atoms with van der Waals surface area (Å²) in [5.74, 6) is 3.13. The largest absolute Gasteiger partial charge is 0.500 e. The first-order chi connectivity index (χ1) is 7.31. The van der Waals surface area contributed by atoms with Crippen LogP contribution in [0.4, 0.5) is 0 Å². The molecule has 0 saturated carbocycles. The summed E-state index contributed by atoms with van der Waals surface area (Å²) in [6, 6.07) is 0. The Labute approximate surface area is 103 Å². The van der Waals surface area contributed by atoms with Crippen molar-refractivity contribution in [1.29, 1.82) is 0 Å². The molecule has 0 aromatic rings. The molecule has 0 rings (SSSR count). The molecule has 0 unspecified atom stereocenters. The van der Waals surface area contributed by atoms with Crippen molar-refractivity contribution in [3.8, 4) is 12.0 Å². The highest BCUT2D eigenvalue weighted by atomic mass is 28.4. The van der Waals surface area contributed by atoms with Crippen molar-refractivity contribution in [2.75, 3.05) is 0 Å². The summed E-state index contributed by atoms with van der Waals surface area (Å²) < 4.78 is 5.78. The summed E-state index contributed by atoms with van der Waals surface area (Å²) in [5.41, 5.74) is 0. The Hall–Kier alpha value is -0.423. The van der Waals surface area contributed by atoms with Crippen molar-refractivity contribution in [2.24, 2.45) is 0 Å². The molecule has 0 aliphatic heterocycles. The molecule has 0 aliphatic carbocycles. The quantitative estimate of drug-likeness (QED) is 0.376. The first kappa shape index (κ1) is 15.6. The Bertz CT molecular complexity index is 240. The third-order valence-corrected chi connectivity index (χ3v) is 7.56. The van der Waals surface area contributed by atoms with E-state index in [2.05, 4.69) is 52.8 Å². The van der Waals surface area contributed by atoms with Crippen molar-refractivity contribution < 1.29 is 4.43 Å². The second-order valence-corrected chi connectivity index (χ2v) is 10.7. The SMILES string of the molecule is CCCCCCC#CO[Si](C)(C)C(C)(C)C. The van der Waals surface area contributed by atoms with Gasteiger partial charge in [-0.15, -0.1) is 0 Å². The van der Waals surface area contributed by atoms with E-state index in [0.717, 1.165) is 6.42 Å². The van der Waals surface area contributed by atoms with Crippen LogP contribution in [0.5, 0.6) is 0 Å². The average Bonchev–Trinajstić information content (AvgIpc) is 2.14. The Morgan fingerprint density at radius 3 is 2.19 bits per heavy atom. The lowest BCUT2D eigenvalue weighted by molar-refractivity contribution is 0.460. The van der Waals surface area contributed by atoms with Gasteiger partial charge in [-0.25, -0.2) is 0 Å². The molecule has 16 heavy (non-hydrogen) atoms. The molecule has 1 nitrogen and oxygen atoms in total. The van der Waals surface area contributed by atoms with Crippen LogP contribution in [0.2, 0.25) is 18.1 Å². The van der Waals surface area contributed by atoms with Gasteiger partial charge in [0.1, 0.15) is 0 Å². The summed E-state index contributed by atoms with van der Waals surface area (Å²) in [4.78, 5) is 0. The van der Waals surface area contributed by atoms with Gasteiger partial charge in [0, 0.05) is 6.42 Å². The summed E-state index contributed by atoms with van der Waals surface area (Å²) in [6.07, 6.45) is 9.02. The van der Waals surface area contributed by atoms with Gasteiger partial charge in [-0.05, 0) is 24.6 Å². The fraction of sp³-hybridized carbons (Fsp3) is 0.857. The van der Waals surface area contributed by atoms with Crippen LogP contribution in [-0.4, -0.2) is 8.32 Å². The van der Waals surface area contributed by atoms with E-state index in [-0.39, 0.29) is 5.04 Å². The zero-order chi connectivity index (χ0) is 12.7. The van der Waals surface area contributed by atoms with Gasteiger partial charge in [0.05, 0.1) is 6.11 Å². The van der Waals surface area contributed by atoms with Crippen LogP contribution < -0.4 is 0 Å². The van der Waals surface area contributed by atoms with E-state index in [1.54, 1.807) is 0 Å². The highest BCUT2D eigenvalue weighted by molar-refractivity contribution is 6.74. The lowest BCUT2D eigenvalue weighted by Gasteiger charge is -2.33. The molecular formula is C14H28OSi. The molecule has 0 amide bonds. The standard InChI is InChI=1S/C14H28OSi/c1-7-8-9-10-11-12-13-15-16(5,6)14(2,3)4/h7-11H2,1-6H3. The second kappa shape index (κ2) is 7.01. The van der Waals surface area contributed by atoms with Crippen molar-refractivity contribution >= 4 is 8.32 Å². The highest BCUT2D eigenvalue weighted by Gasteiger charge is 2.38. The van der Waals surface area contributed by atoms with Crippen molar-refractivity contribution in [3.63, 3.8) is 0 Å². The molecular weight excluding hydrogens is 212 g/mol. The van der Waals surface area contributed by atoms with Crippen molar-refractivity contribution in [1.82, 2.24) is 0 Å². The molecule has 0 radical (unpaired) electrons. The fourth-order valence-electron chi connectivity index (χ4n) is 1.01. The number of unbranched alkanes of at least 4 members (excludes halogenated alkanes) is 4. The first-order valence-electron chi connectivity index (χ1n) is 6.47. The van der Waals surface area contributed by atoms with Crippen LogP contribution in [0.25, 0.3) is 0 Å². The minimum Gasteiger partial charge on any atom is -0.500 e. The minimum atomic E-state index is -1.65. The fourth-order valence-corrected chi connectivity index (χ4v) is 1.64. The molecule has 0 atom stereocenters. The minimum absolute atomic E-state index is 0.254. The molecule has 0 N–H and O–H groups in total. The Morgan fingerprint density at radius 2 is 1.69 bits per heavy atom. The molecule has 0 saturated heterocycles. The van der Waals surface area contributed by atoms with Crippen LogP contribution in [0.3, 0.4) is 0 Å². The molecule has 0 heterocycles. The molecule has 0 bridgehead atoms. The number of rotatable bonds is 5. The topological polar surface area (TPSA) is 9.23 Å². The normalized spacial score (nSPS) is 11.9. The molecule has 0 aromatic heterocycles. The summed E-state index contributed by atoms with van der Waals surface area (Å²) in [7, 11) is -1.65. The Morgan fingerprint density at radius 1 is 1.06 bits per heavy atom. The first-order valence-corrected chi connectivity index (χ1v) is 9.38. The lowest BCUT2D eigenvalue weighted by atomic mass is 10.2. The van der Waals surface area contributed by atoms with Crippen LogP contribution in [0.1, 0.15) is 59.8 Å². The molecule has 2 heteroatoms. The maximum absolute atomic E-state index is 5.78. The third kappa shape index (κ3) is 6.22. The van der Waals surface area contributed by atoms with E-state index in [9.17, 15) is 0 Å². The van der Waals surface area contributed by atoms with Gasteiger partial charge < -0.3 is 4.43 Å². The van der Waals surface area contributed by atoms with Gasteiger partial charge >= 0.3 is 0 Å². The predicted molar refractivity (Wildman–Crippen MR) is 74.8 cm³/mol. The smallest absolute Gasteiger partial charge is 0.264 e. The summed E-state index contributed by atoms with van der Waals surface area (Å²) in [5, 5.41) is 0.254. The van der Waals surface area contributed by atoms with Crippen molar-refractivity contribution in [3.05, 3.63) is 0 Å². The second-order valence-electron chi connectivity index (χ2n) is 5.95.